The zero-order chi connectivity index (χ0) is 33.8. The molecule has 0 aliphatic carbocycles. The number of ether oxygens (including phenoxy) is 2. The minimum absolute atomic E-state index is 0.0107. The van der Waals surface area contributed by atoms with Crippen molar-refractivity contribution in [2.75, 3.05) is 19.7 Å². The number of pyridine rings is 1. The van der Waals surface area contributed by atoms with Crippen molar-refractivity contribution < 1.29 is 27.1 Å². The minimum Gasteiger partial charge on any atom is -0.473 e. The van der Waals surface area contributed by atoms with Crippen LogP contribution in [-0.4, -0.2) is 65.7 Å². The number of fused-ring (bicyclic) bond motifs is 1. The van der Waals surface area contributed by atoms with E-state index in [1.807, 2.05) is 22.8 Å². The number of urea groups is 1. The number of nitrogens with one attached hydrogen (secondary N) is 2. The molecular weight excluding hydrogens is 637 g/mol. The van der Waals surface area contributed by atoms with Crippen molar-refractivity contribution in [3.05, 3.63) is 83.1 Å². The molecule has 4 heterocycles. The summed E-state index contributed by atoms with van der Waals surface area (Å²) in [5, 5.41) is 11.5. The number of carbonyl (C=O) groups is 1. The largest absolute Gasteiger partial charge is 0.473 e. The summed E-state index contributed by atoms with van der Waals surface area (Å²) in [5.74, 6) is 0.983. The van der Waals surface area contributed by atoms with E-state index in [9.17, 15) is 17.6 Å². The molecule has 0 saturated carbocycles. The highest BCUT2D eigenvalue weighted by molar-refractivity contribution is 7.90. The Balaban J connectivity index is 1.12. The van der Waals surface area contributed by atoms with Crippen molar-refractivity contribution >= 4 is 27.1 Å². The lowest BCUT2D eigenvalue weighted by Gasteiger charge is -2.32. The Hall–Kier alpha value is -4.58. The number of sulfonamides is 1. The first kappa shape index (κ1) is 33.3. The molecule has 2 aliphatic heterocycles. The number of nitriles is 1. The van der Waals surface area contributed by atoms with Gasteiger partial charge in [-0.3, -0.25) is 4.90 Å². The SMILES string of the molecule is CC(C)NC(=O)NS(=O)(=O)c1ccc2nc(CN3CCC(c4cccc(OCc5ccc(C#N)cc5F)n4)CC3)n(C[C@@H]3CCO3)c2c1. The lowest BCUT2D eigenvalue weighted by Crippen LogP contribution is -2.42. The molecule has 4 aromatic rings. The highest BCUT2D eigenvalue weighted by Gasteiger charge is 2.27. The van der Waals surface area contributed by atoms with Crippen LogP contribution in [-0.2, 0) is 34.5 Å². The smallest absolute Gasteiger partial charge is 0.328 e. The molecule has 2 aromatic heterocycles. The van der Waals surface area contributed by atoms with Crippen LogP contribution in [0, 0.1) is 17.1 Å². The summed E-state index contributed by atoms with van der Waals surface area (Å²) in [4.78, 5) is 24.1. The van der Waals surface area contributed by atoms with E-state index >= 15 is 0 Å². The normalized spacial score (nSPS) is 17.2. The predicted octanol–water partition coefficient (Wildman–Crippen LogP) is 4.59. The molecule has 2 aromatic carbocycles. The number of piperidine rings is 1. The van der Waals surface area contributed by atoms with Crippen LogP contribution in [0.3, 0.4) is 0 Å². The summed E-state index contributed by atoms with van der Waals surface area (Å²) >= 11 is 0. The first-order chi connectivity index (χ1) is 23.1. The number of hydrogen-bond donors (Lipinski definition) is 2. The molecule has 12 nitrogen and oxygen atoms in total. The van der Waals surface area contributed by atoms with Crippen molar-refractivity contribution in [2.24, 2.45) is 0 Å². The Bertz CT molecular complexity index is 1950. The molecule has 0 bridgehead atoms. The summed E-state index contributed by atoms with van der Waals surface area (Å²) in [6.45, 7) is 6.96. The van der Waals surface area contributed by atoms with Crippen LogP contribution in [0.1, 0.15) is 61.7 Å². The second kappa shape index (κ2) is 14.3. The third kappa shape index (κ3) is 7.75. The highest BCUT2D eigenvalue weighted by Crippen LogP contribution is 2.30. The Morgan fingerprint density at radius 2 is 1.92 bits per heavy atom. The Labute approximate surface area is 278 Å². The van der Waals surface area contributed by atoms with Crippen LogP contribution in [0.5, 0.6) is 5.88 Å². The molecule has 0 spiro atoms. The second-order valence-corrected chi connectivity index (χ2v) is 14.1. The molecule has 252 valence electrons. The molecule has 2 aliphatic rings. The maximum atomic E-state index is 14.3. The van der Waals surface area contributed by atoms with E-state index in [0.717, 1.165) is 43.9 Å². The van der Waals surface area contributed by atoms with Gasteiger partial charge in [-0.2, -0.15) is 5.26 Å². The van der Waals surface area contributed by atoms with E-state index in [-0.39, 0.29) is 35.1 Å². The van der Waals surface area contributed by atoms with Crippen molar-refractivity contribution in [1.82, 2.24) is 29.5 Å². The molecule has 0 radical (unpaired) electrons. The molecule has 14 heteroatoms. The van der Waals surface area contributed by atoms with Crippen LogP contribution in [0.25, 0.3) is 11.0 Å². The van der Waals surface area contributed by atoms with E-state index in [2.05, 4.69) is 14.9 Å². The fourth-order valence-electron chi connectivity index (χ4n) is 5.96. The van der Waals surface area contributed by atoms with Gasteiger partial charge in [0.05, 0.1) is 46.8 Å². The van der Waals surface area contributed by atoms with E-state index < -0.39 is 21.9 Å². The van der Waals surface area contributed by atoms with Crippen molar-refractivity contribution in [1.29, 1.82) is 5.26 Å². The third-order valence-electron chi connectivity index (χ3n) is 8.61. The quantitative estimate of drug-likeness (QED) is 0.233. The molecule has 48 heavy (non-hydrogen) atoms. The summed E-state index contributed by atoms with van der Waals surface area (Å²) in [6, 6.07) is 15.6. The van der Waals surface area contributed by atoms with Gasteiger partial charge in [-0.1, -0.05) is 12.1 Å². The maximum Gasteiger partial charge on any atom is 0.328 e. The molecular formula is C34H38FN7O5S. The molecule has 2 saturated heterocycles. The van der Waals surface area contributed by atoms with Gasteiger partial charge in [0.2, 0.25) is 5.88 Å². The number of halogens is 1. The van der Waals surface area contributed by atoms with Gasteiger partial charge in [0.1, 0.15) is 18.2 Å². The maximum absolute atomic E-state index is 14.3. The molecule has 2 amide bonds. The van der Waals surface area contributed by atoms with Gasteiger partial charge in [-0.15, -0.1) is 0 Å². The van der Waals surface area contributed by atoms with Gasteiger partial charge in [0.25, 0.3) is 10.0 Å². The van der Waals surface area contributed by atoms with Crippen LogP contribution < -0.4 is 14.8 Å². The average molecular weight is 676 g/mol. The number of imidazole rings is 1. The topological polar surface area (TPSA) is 151 Å². The number of benzene rings is 2. The Morgan fingerprint density at radius 1 is 1.12 bits per heavy atom. The number of nitrogens with zero attached hydrogens (tertiary/aromatic N) is 5. The molecule has 2 N–H and O–H groups in total. The van der Waals surface area contributed by atoms with Gasteiger partial charge in [-0.25, -0.2) is 32.3 Å². The Kier molecular flexibility index (Phi) is 9.91. The lowest BCUT2D eigenvalue weighted by atomic mass is 9.93. The van der Waals surface area contributed by atoms with Gasteiger partial charge in [-0.05, 0) is 82.6 Å². The summed E-state index contributed by atoms with van der Waals surface area (Å²) < 4.78 is 56.0. The van der Waals surface area contributed by atoms with Gasteiger partial charge in [0.15, 0.2) is 0 Å². The van der Waals surface area contributed by atoms with Crippen LogP contribution in [0.15, 0.2) is 59.5 Å². The Morgan fingerprint density at radius 3 is 2.60 bits per heavy atom. The van der Waals surface area contributed by atoms with Crippen LogP contribution >= 0.6 is 0 Å². The molecule has 6 rings (SSSR count). The second-order valence-electron chi connectivity index (χ2n) is 12.5. The van der Waals surface area contributed by atoms with Crippen molar-refractivity contribution in [3.63, 3.8) is 0 Å². The monoisotopic (exact) mass is 675 g/mol. The fourth-order valence-corrected chi connectivity index (χ4v) is 6.89. The van der Waals surface area contributed by atoms with Gasteiger partial charge >= 0.3 is 6.03 Å². The van der Waals surface area contributed by atoms with Gasteiger partial charge < -0.3 is 19.4 Å². The predicted molar refractivity (Wildman–Crippen MR) is 175 cm³/mol. The average Bonchev–Trinajstić information content (AvgIpc) is 3.37. The summed E-state index contributed by atoms with van der Waals surface area (Å²) in [5.41, 5.74) is 2.88. The molecule has 2 fully saturated rings. The lowest BCUT2D eigenvalue weighted by molar-refractivity contribution is -0.0592. The number of rotatable bonds is 11. The number of carbonyl (C=O) groups excluding carboxylic acids is 1. The first-order valence-corrected chi connectivity index (χ1v) is 17.5. The highest BCUT2D eigenvalue weighted by atomic mass is 32.2. The summed E-state index contributed by atoms with van der Waals surface area (Å²) in [6.07, 6.45) is 2.69. The van der Waals surface area contributed by atoms with Crippen LogP contribution in [0.2, 0.25) is 0 Å². The van der Waals surface area contributed by atoms with E-state index in [1.165, 1.54) is 12.1 Å². The summed E-state index contributed by atoms with van der Waals surface area (Å²) in [7, 11) is -4.10. The van der Waals surface area contributed by atoms with E-state index in [0.29, 0.717) is 42.2 Å². The number of amides is 2. The zero-order valence-electron chi connectivity index (χ0n) is 26.9. The van der Waals surface area contributed by atoms with Crippen molar-refractivity contribution in [3.8, 4) is 11.9 Å². The first-order valence-electron chi connectivity index (χ1n) is 16.0. The van der Waals surface area contributed by atoms with Gasteiger partial charge in [0, 0.05) is 35.9 Å². The zero-order valence-corrected chi connectivity index (χ0v) is 27.7. The van der Waals surface area contributed by atoms with Crippen molar-refractivity contribution in [2.45, 2.75) is 75.8 Å². The third-order valence-corrected chi connectivity index (χ3v) is 9.94. The number of aromatic nitrogens is 3. The van der Waals surface area contributed by atoms with E-state index in [1.54, 1.807) is 44.2 Å². The van der Waals surface area contributed by atoms with E-state index in [4.69, 9.17) is 24.7 Å². The minimum atomic E-state index is -4.10. The van der Waals surface area contributed by atoms with Crippen LogP contribution in [0.4, 0.5) is 9.18 Å². The number of likely N-dealkylation sites (tertiary alicyclic amines) is 1. The standard InChI is InChI=1S/C34H38FN7O5S/c1-22(2)37-34(43)40-48(44,45)27-8-9-30-31(17-27)42(19-26-12-15-46-26)32(38-30)20-41-13-10-24(11-14-41)29-4-3-5-33(39-29)47-21-25-7-6-23(18-36)16-28(25)35/h3-9,16-17,22,24,26H,10-15,19-21H2,1-2H3,(H2,37,40,43)/t26-/m0/s1. The molecule has 1 atom stereocenters. The fraction of sp³-hybridized carbons (Fsp3) is 0.412. The number of hydrogen-bond acceptors (Lipinski definition) is 9. The molecule has 0 unspecified atom stereocenters.